The lowest BCUT2D eigenvalue weighted by atomic mass is 10.2. The van der Waals surface area contributed by atoms with Crippen LogP contribution in [0, 0.1) is 6.92 Å². The number of thiophene rings is 1. The molecule has 0 saturated heterocycles. The zero-order valence-electron chi connectivity index (χ0n) is 13.2. The van der Waals surface area contributed by atoms with Crippen molar-refractivity contribution < 1.29 is 4.74 Å². The molecule has 2 aromatic rings. The number of anilines is 1. The first-order valence-corrected chi connectivity index (χ1v) is 8.53. The average molecular weight is 307 g/mol. The van der Waals surface area contributed by atoms with E-state index in [9.17, 15) is 0 Å². The monoisotopic (exact) mass is 307 g/mol. The molecule has 0 fully saturated rings. The van der Waals surface area contributed by atoms with Crippen LogP contribution in [0.15, 0.2) is 17.6 Å². The second-order valence-electron chi connectivity index (χ2n) is 5.03. The quantitative estimate of drug-likeness (QED) is 0.718. The van der Waals surface area contributed by atoms with Crippen molar-refractivity contribution in [2.45, 2.75) is 40.2 Å². The van der Waals surface area contributed by atoms with E-state index in [-0.39, 0.29) is 0 Å². The van der Waals surface area contributed by atoms with E-state index in [1.54, 1.807) is 0 Å². The first-order chi connectivity index (χ1) is 10.2. The molecule has 5 heteroatoms. The predicted molar refractivity (Wildman–Crippen MR) is 89.4 cm³/mol. The number of hydrogen-bond acceptors (Lipinski definition) is 4. The van der Waals surface area contributed by atoms with Gasteiger partial charge < -0.3 is 14.6 Å². The van der Waals surface area contributed by atoms with Gasteiger partial charge in [-0.25, -0.2) is 4.98 Å². The lowest BCUT2D eigenvalue weighted by molar-refractivity contribution is 0.147. The maximum Gasteiger partial charge on any atom is 0.203 e. The number of rotatable bonds is 9. The van der Waals surface area contributed by atoms with Gasteiger partial charge in [0, 0.05) is 30.8 Å². The molecule has 0 saturated carbocycles. The molecule has 0 spiro atoms. The van der Waals surface area contributed by atoms with Crippen LogP contribution in [-0.4, -0.2) is 29.3 Å². The fraction of sp³-hybridized carbons (Fsp3) is 0.562. The maximum absolute atomic E-state index is 5.36. The molecular formula is C16H25N3OS. The summed E-state index contributed by atoms with van der Waals surface area (Å²) in [6.45, 7) is 9.64. The van der Waals surface area contributed by atoms with Crippen molar-refractivity contribution in [2.75, 3.05) is 25.1 Å². The highest BCUT2D eigenvalue weighted by atomic mass is 32.1. The molecule has 0 amide bonds. The van der Waals surface area contributed by atoms with E-state index in [2.05, 4.69) is 39.4 Å². The highest BCUT2D eigenvalue weighted by Crippen LogP contribution is 2.21. The number of ether oxygens (including phenoxy) is 1. The van der Waals surface area contributed by atoms with Gasteiger partial charge in [-0.1, -0.05) is 6.92 Å². The second-order valence-corrected chi connectivity index (χ2v) is 6.03. The van der Waals surface area contributed by atoms with Crippen LogP contribution in [0.5, 0.6) is 0 Å². The summed E-state index contributed by atoms with van der Waals surface area (Å²) < 4.78 is 7.57. The number of aryl methyl sites for hydroxylation is 2. The molecule has 0 aliphatic carbocycles. The Hall–Kier alpha value is -1.33. The topological polar surface area (TPSA) is 39.1 Å². The van der Waals surface area contributed by atoms with Gasteiger partial charge in [0.2, 0.25) is 5.95 Å². The largest absolute Gasteiger partial charge is 0.382 e. The summed E-state index contributed by atoms with van der Waals surface area (Å²) in [5.41, 5.74) is 2.49. The Morgan fingerprint density at radius 3 is 3.00 bits per heavy atom. The smallest absolute Gasteiger partial charge is 0.203 e. The molecule has 2 heterocycles. The van der Waals surface area contributed by atoms with Crippen LogP contribution < -0.4 is 5.32 Å². The molecule has 0 unspecified atom stereocenters. The Morgan fingerprint density at radius 2 is 2.24 bits per heavy atom. The number of imidazole rings is 1. The van der Waals surface area contributed by atoms with Crippen molar-refractivity contribution in [3.05, 3.63) is 33.8 Å². The van der Waals surface area contributed by atoms with Crippen LogP contribution in [0.2, 0.25) is 0 Å². The second kappa shape index (κ2) is 8.20. The molecule has 0 aliphatic rings. The first-order valence-electron chi connectivity index (χ1n) is 7.65. The minimum atomic E-state index is 0.784. The van der Waals surface area contributed by atoms with Gasteiger partial charge in [-0.2, -0.15) is 0 Å². The third-order valence-electron chi connectivity index (χ3n) is 3.38. The van der Waals surface area contributed by atoms with Crippen LogP contribution in [0.4, 0.5) is 5.95 Å². The Labute approximate surface area is 131 Å². The highest BCUT2D eigenvalue weighted by molar-refractivity contribution is 7.10. The minimum absolute atomic E-state index is 0.784. The third kappa shape index (κ3) is 4.58. The van der Waals surface area contributed by atoms with Crippen molar-refractivity contribution >= 4 is 17.3 Å². The maximum atomic E-state index is 5.36. The number of aromatic nitrogens is 2. The molecule has 0 atom stereocenters. The molecular weight excluding hydrogens is 282 g/mol. The summed E-state index contributed by atoms with van der Waals surface area (Å²) in [5, 5.41) is 5.59. The standard InChI is InChI=1S/C16H25N3OS/c1-4-14-7-10-21-15(14)12-19-11-13(3)18-16(19)17-8-6-9-20-5-2/h7,10-11H,4-6,8-9,12H2,1-3H3,(H,17,18). The minimum Gasteiger partial charge on any atom is -0.382 e. The molecule has 0 aliphatic heterocycles. The van der Waals surface area contributed by atoms with Gasteiger partial charge in [-0.05, 0) is 43.7 Å². The molecule has 21 heavy (non-hydrogen) atoms. The fourth-order valence-corrected chi connectivity index (χ4v) is 3.28. The number of nitrogens with one attached hydrogen (secondary N) is 1. The van der Waals surface area contributed by atoms with E-state index in [4.69, 9.17) is 4.74 Å². The molecule has 2 aromatic heterocycles. The van der Waals surface area contributed by atoms with Gasteiger partial charge in [-0.3, -0.25) is 0 Å². The summed E-state index contributed by atoms with van der Waals surface area (Å²) in [5.74, 6) is 0.958. The summed E-state index contributed by atoms with van der Waals surface area (Å²) in [4.78, 5) is 6.00. The Kier molecular flexibility index (Phi) is 6.26. The first kappa shape index (κ1) is 16.0. The SMILES string of the molecule is CCOCCCNc1nc(C)cn1Cc1sccc1CC. The van der Waals surface area contributed by atoms with Gasteiger partial charge in [0.15, 0.2) is 0 Å². The number of nitrogens with zero attached hydrogens (tertiary/aromatic N) is 2. The molecule has 0 aromatic carbocycles. The highest BCUT2D eigenvalue weighted by Gasteiger charge is 2.09. The molecule has 0 bridgehead atoms. The van der Waals surface area contributed by atoms with Crippen molar-refractivity contribution in [1.82, 2.24) is 9.55 Å². The molecule has 2 rings (SSSR count). The van der Waals surface area contributed by atoms with E-state index in [1.165, 1.54) is 10.4 Å². The van der Waals surface area contributed by atoms with Crippen LogP contribution in [-0.2, 0) is 17.7 Å². The van der Waals surface area contributed by atoms with Crippen LogP contribution in [0.25, 0.3) is 0 Å². The predicted octanol–water partition coefficient (Wildman–Crippen LogP) is 3.70. The Bertz CT molecular complexity index is 547. The van der Waals surface area contributed by atoms with E-state index < -0.39 is 0 Å². The van der Waals surface area contributed by atoms with Crippen LogP contribution in [0.1, 0.15) is 36.4 Å². The zero-order chi connectivity index (χ0) is 15.1. The van der Waals surface area contributed by atoms with Gasteiger partial charge in [0.05, 0.1) is 12.2 Å². The van der Waals surface area contributed by atoms with E-state index in [0.29, 0.717) is 0 Å². The summed E-state index contributed by atoms with van der Waals surface area (Å²) >= 11 is 1.83. The molecule has 116 valence electrons. The van der Waals surface area contributed by atoms with Gasteiger partial charge in [0.1, 0.15) is 0 Å². The average Bonchev–Trinajstić information content (AvgIpc) is 3.05. The van der Waals surface area contributed by atoms with Crippen LogP contribution in [0.3, 0.4) is 0 Å². The van der Waals surface area contributed by atoms with Gasteiger partial charge >= 0.3 is 0 Å². The lowest BCUT2D eigenvalue weighted by Crippen LogP contribution is -2.11. The molecule has 1 N–H and O–H groups in total. The normalized spacial score (nSPS) is 11.0. The van der Waals surface area contributed by atoms with E-state index in [0.717, 1.165) is 50.8 Å². The van der Waals surface area contributed by atoms with Crippen LogP contribution >= 0.6 is 11.3 Å². The summed E-state index contributed by atoms with van der Waals surface area (Å²) in [6.07, 6.45) is 4.20. The zero-order valence-corrected chi connectivity index (χ0v) is 14.0. The lowest BCUT2D eigenvalue weighted by Gasteiger charge is -2.10. The molecule has 4 nitrogen and oxygen atoms in total. The van der Waals surface area contributed by atoms with Crippen molar-refractivity contribution in [3.63, 3.8) is 0 Å². The van der Waals surface area contributed by atoms with E-state index in [1.807, 2.05) is 25.2 Å². The Morgan fingerprint density at radius 1 is 1.38 bits per heavy atom. The fourth-order valence-electron chi connectivity index (χ4n) is 2.30. The summed E-state index contributed by atoms with van der Waals surface area (Å²) in [7, 11) is 0. The van der Waals surface area contributed by atoms with Gasteiger partial charge in [-0.15, -0.1) is 11.3 Å². The van der Waals surface area contributed by atoms with E-state index >= 15 is 0 Å². The summed E-state index contributed by atoms with van der Waals surface area (Å²) in [6, 6.07) is 2.22. The Balaban J connectivity index is 1.96. The third-order valence-corrected chi connectivity index (χ3v) is 4.33. The van der Waals surface area contributed by atoms with Gasteiger partial charge in [0.25, 0.3) is 0 Å². The van der Waals surface area contributed by atoms with Crippen molar-refractivity contribution in [3.8, 4) is 0 Å². The number of hydrogen-bond donors (Lipinski definition) is 1. The van der Waals surface area contributed by atoms with Crippen molar-refractivity contribution in [1.29, 1.82) is 0 Å². The van der Waals surface area contributed by atoms with Crippen molar-refractivity contribution in [2.24, 2.45) is 0 Å². The molecule has 0 radical (unpaired) electrons.